The van der Waals surface area contributed by atoms with Crippen molar-refractivity contribution in [2.75, 3.05) is 28.4 Å². The van der Waals surface area contributed by atoms with Crippen molar-refractivity contribution >= 4 is 54.7 Å². The molecule has 0 saturated carbocycles. The molecule has 10 heteroatoms. The molecule has 0 bridgehead atoms. The molecule has 0 radical (unpaired) electrons. The van der Waals surface area contributed by atoms with Crippen molar-refractivity contribution in [1.82, 2.24) is 0 Å². The minimum atomic E-state index is -1.18. The number of Topliss-reactive ketones (excluding diaryl/α,β-unsaturated/α-hetero) is 2. The molecule has 0 heterocycles. The Hall–Kier alpha value is -4.86. The Kier molecular flexibility index (Phi) is 5.29. The first-order valence-electron chi connectivity index (χ1n) is 12.4. The maximum Gasteiger partial charge on any atom is 0.194 e. The van der Waals surface area contributed by atoms with E-state index >= 15 is 0 Å². The van der Waals surface area contributed by atoms with E-state index in [-0.39, 0.29) is 55.7 Å². The number of hydrogen-bond donors (Lipinski definition) is 2. The van der Waals surface area contributed by atoms with Gasteiger partial charge in [-0.1, -0.05) is 0 Å². The van der Waals surface area contributed by atoms with Crippen molar-refractivity contribution in [2.45, 2.75) is 25.7 Å². The SMILES string of the molecule is COc1c(O)c2c(=O)cc(OC)c3c4c(OC)cc(=O)c5c(O)c(OC)c6c(c(c1[C@H](C(C)=O)[C@H]6C(C)=O)c23)c54. The summed E-state index contributed by atoms with van der Waals surface area (Å²) in [4.78, 5) is 53.7. The number of ether oxygens (including phenoxy) is 4. The van der Waals surface area contributed by atoms with E-state index in [4.69, 9.17) is 18.9 Å². The Bertz CT molecular complexity index is 1930. The van der Waals surface area contributed by atoms with Gasteiger partial charge in [0, 0.05) is 44.8 Å². The van der Waals surface area contributed by atoms with E-state index in [1.807, 2.05) is 0 Å². The van der Waals surface area contributed by atoms with E-state index in [0.717, 1.165) is 0 Å². The van der Waals surface area contributed by atoms with Gasteiger partial charge in [-0.05, 0) is 24.6 Å². The first kappa shape index (κ1) is 25.4. The predicted molar refractivity (Wildman–Crippen MR) is 148 cm³/mol. The summed E-state index contributed by atoms with van der Waals surface area (Å²) < 4.78 is 22.5. The van der Waals surface area contributed by atoms with Crippen LogP contribution in [0.5, 0.6) is 34.5 Å². The van der Waals surface area contributed by atoms with Gasteiger partial charge in [-0.2, -0.15) is 0 Å². The summed E-state index contributed by atoms with van der Waals surface area (Å²) in [5.41, 5.74) is -0.768. The molecule has 0 saturated heterocycles. The number of phenols is 2. The van der Waals surface area contributed by atoms with E-state index in [9.17, 15) is 29.4 Å². The van der Waals surface area contributed by atoms with Gasteiger partial charge in [0.15, 0.2) is 33.9 Å². The normalized spacial score (nSPS) is 16.4. The molecule has 0 fully saturated rings. The van der Waals surface area contributed by atoms with Crippen LogP contribution in [0.1, 0.15) is 36.8 Å². The first-order valence-corrected chi connectivity index (χ1v) is 12.4. The van der Waals surface area contributed by atoms with Crippen molar-refractivity contribution in [3.05, 3.63) is 43.7 Å². The molecule has 0 aliphatic heterocycles. The van der Waals surface area contributed by atoms with Gasteiger partial charge < -0.3 is 29.2 Å². The average molecular weight is 545 g/mol. The highest BCUT2D eigenvalue weighted by Crippen LogP contribution is 2.62. The molecule has 2 N–H and O–H groups in total. The number of benzene rings is 5. The highest BCUT2D eigenvalue weighted by atomic mass is 16.5. The van der Waals surface area contributed by atoms with Gasteiger partial charge in [-0.25, -0.2) is 0 Å². The lowest BCUT2D eigenvalue weighted by atomic mass is 9.67. The standard InChI is InChI=1S/C30H24O10/c1-9(31)15-16(10(2)32)26-24-22-18(28(36)30(26)40-6)12(34)8-14(38-4)20(22)19-13(37-3)7-11(33)17-21(19)23(24)25(15)29(39-5)27(17)35/h7-8,15-16,35-36H,1-6H3/t15-,16-/m1/s1. The summed E-state index contributed by atoms with van der Waals surface area (Å²) in [5.74, 6) is -4.21. The Morgan fingerprint density at radius 1 is 0.575 bits per heavy atom. The molecule has 2 atom stereocenters. The van der Waals surface area contributed by atoms with Crippen LogP contribution in [0.3, 0.4) is 0 Å². The van der Waals surface area contributed by atoms with Gasteiger partial charge in [-0.3, -0.25) is 19.2 Å². The number of ketones is 2. The Morgan fingerprint density at radius 3 is 1.20 bits per heavy atom. The molecular weight excluding hydrogens is 520 g/mol. The number of phenolic OH excluding ortho intramolecular Hbond substituents is 2. The van der Waals surface area contributed by atoms with Crippen molar-refractivity contribution in [2.24, 2.45) is 0 Å². The van der Waals surface area contributed by atoms with Crippen LogP contribution in [-0.2, 0) is 9.59 Å². The molecule has 0 unspecified atom stereocenters. The zero-order chi connectivity index (χ0) is 28.9. The number of carbonyl (C=O) groups excluding carboxylic acids is 2. The summed E-state index contributed by atoms with van der Waals surface area (Å²) in [6.45, 7) is 2.62. The van der Waals surface area contributed by atoms with Crippen molar-refractivity contribution < 1.29 is 38.7 Å². The summed E-state index contributed by atoms with van der Waals surface area (Å²) >= 11 is 0. The van der Waals surface area contributed by atoms with Crippen molar-refractivity contribution in [1.29, 1.82) is 0 Å². The third-order valence-electron chi connectivity index (χ3n) is 8.12. The van der Waals surface area contributed by atoms with Crippen LogP contribution >= 0.6 is 0 Å². The fourth-order valence-corrected chi connectivity index (χ4v) is 6.77. The Morgan fingerprint density at radius 2 is 0.925 bits per heavy atom. The number of rotatable bonds is 6. The monoisotopic (exact) mass is 544 g/mol. The fraction of sp³-hybridized carbons (Fsp3) is 0.267. The summed E-state index contributed by atoms with van der Waals surface area (Å²) in [6.07, 6.45) is 0. The third-order valence-corrected chi connectivity index (χ3v) is 8.12. The average Bonchev–Trinajstić information content (AvgIpc) is 2.91. The molecule has 0 spiro atoms. The van der Waals surface area contributed by atoms with Gasteiger partial charge in [0.2, 0.25) is 0 Å². The summed E-state index contributed by atoms with van der Waals surface area (Å²) in [6, 6.07) is 2.41. The maximum absolute atomic E-state index is 13.5. The predicted octanol–water partition coefficient (Wildman–Crippen LogP) is 3.70. The molecule has 6 rings (SSSR count). The molecule has 0 amide bonds. The molecule has 40 heavy (non-hydrogen) atoms. The van der Waals surface area contributed by atoms with E-state index in [1.54, 1.807) is 0 Å². The number of methoxy groups -OCH3 is 4. The largest absolute Gasteiger partial charge is 0.504 e. The van der Waals surface area contributed by atoms with Gasteiger partial charge in [0.05, 0.1) is 51.0 Å². The van der Waals surface area contributed by atoms with Gasteiger partial charge in [0.25, 0.3) is 0 Å². The quantitative estimate of drug-likeness (QED) is 0.240. The van der Waals surface area contributed by atoms with Gasteiger partial charge in [0.1, 0.15) is 23.1 Å². The second kappa shape index (κ2) is 8.32. The smallest absolute Gasteiger partial charge is 0.194 e. The lowest BCUT2D eigenvalue weighted by Crippen LogP contribution is -2.28. The topological polar surface area (TPSA) is 146 Å². The second-order valence-electron chi connectivity index (χ2n) is 9.92. The van der Waals surface area contributed by atoms with Gasteiger partial charge >= 0.3 is 0 Å². The molecule has 5 aromatic rings. The van der Waals surface area contributed by atoms with E-state index < -0.39 is 45.8 Å². The molecule has 10 nitrogen and oxygen atoms in total. The third kappa shape index (κ3) is 2.77. The van der Waals surface area contributed by atoms with Crippen LogP contribution in [0.15, 0.2) is 21.7 Å². The minimum absolute atomic E-state index is 0.0972. The zero-order valence-corrected chi connectivity index (χ0v) is 22.5. The molecule has 1 aliphatic carbocycles. The molecule has 0 aromatic heterocycles. The molecule has 204 valence electrons. The van der Waals surface area contributed by atoms with E-state index in [1.165, 1.54) is 54.4 Å². The zero-order valence-electron chi connectivity index (χ0n) is 22.5. The van der Waals surface area contributed by atoms with Crippen LogP contribution in [0.25, 0.3) is 43.1 Å². The Balaban J connectivity index is 2.20. The van der Waals surface area contributed by atoms with E-state index in [2.05, 4.69) is 0 Å². The highest BCUT2D eigenvalue weighted by Gasteiger charge is 2.46. The minimum Gasteiger partial charge on any atom is -0.504 e. The van der Waals surface area contributed by atoms with Crippen LogP contribution in [0.4, 0.5) is 0 Å². The Labute approximate surface area is 225 Å². The molecular formula is C30H24O10. The van der Waals surface area contributed by atoms with Crippen LogP contribution in [0.2, 0.25) is 0 Å². The highest BCUT2D eigenvalue weighted by molar-refractivity contribution is 6.39. The second-order valence-corrected chi connectivity index (χ2v) is 9.92. The summed E-state index contributed by atoms with van der Waals surface area (Å²) in [7, 11) is 5.32. The molecule has 5 aromatic carbocycles. The number of fused-ring (bicyclic) bond motifs is 1. The van der Waals surface area contributed by atoms with Gasteiger partial charge in [-0.15, -0.1) is 0 Å². The fourth-order valence-electron chi connectivity index (χ4n) is 6.77. The number of aromatic hydroxyl groups is 2. The van der Waals surface area contributed by atoms with Crippen LogP contribution < -0.4 is 29.8 Å². The lowest BCUT2D eigenvalue weighted by molar-refractivity contribution is -0.125. The van der Waals surface area contributed by atoms with Crippen molar-refractivity contribution in [3.63, 3.8) is 0 Å². The van der Waals surface area contributed by atoms with Crippen LogP contribution in [0, 0.1) is 0 Å². The number of hydrogen-bond acceptors (Lipinski definition) is 10. The van der Waals surface area contributed by atoms with E-state index in [0.29, 0.717) is 21.5 Å². The molecule has 1 aliphatic rings. The first-order chi connectivity index (χ1) is 19.0. The lowest BCUT2D eigenvalue weighted by Gasteiger charge is -2.35. The summed E-state index contributed by atoms with van der Waals surface area (Å²) in [5, 5.41) is 24.5. The number of carbonyl (C=O) groups is 2. The van der Waals surface area contributed by atoms with Crippen molar-refractivity contribution in [3.8, 4) is 34.5 Å². The maximum atomic E-state index is 13.5. The van der Waals surface area contributed by atoms with Crippen LogP contribution in [-0.4, -0.2) is 50.2 Å².